The Hall–Kier alpha value is -1.02. The first-order valence-corrected chi connectivity index (χ1v) is 7.59. The van der Waals surface area contributed by atoms with Gasteiger partial charge in [0.05, 0.1) is 0 Å². The number of anilines is 1. The van der Waals surface area contributed by atoms with E-state index >= 15 is 0 Å². The first-order chi connectivity index (χ1) is 9.08. The Morgan fingerprint density at radius 3 is 2.21 bits per heavy atom. The van der Waals surface area contributed by atoms with Crippen LogP contribution in [0, 0.1) is 13.8 Å². The molecule has 108 valence electrons. The van der Waals surface area contributed by atoms with Crippen LogP contribution in [-0.4, -0.2) is 19.6 Å². The highest BCUT2D eigenvalue weighted by molar-refractivity contribution is 5.51. The molecule has 0 bridgehead atoms. The fourth-order valence-electron chi connectivity index (χ4n) is 2.64. The lowest BCUT2D eigenvalue weighted by Gasteiger charge is -2.30. The van der Waals surface area contributed by atoms with Crippen LogP contribution in [0.2, 0.25) is 0 Å². The molecule has 0 aliphatic carbocycles. The number of benzene rings is 1. The fourth-order valence-corrected chi connectivity index (χ4v) is 2.64. The second kappa shape index (κ2) is 8.21. The molecule has 2 nitrogen and oxygen atoms in total. The van der Waals surface area contributed by atoms with Gasteiger partial charge >= 0.3 is 0 Å². The van der Waals surface area contributed by atoms with Crippen molar-refractivity contribution in [1.82, 2.24) is 0 Å². The van der Waals surface area contributed by atoms with E-state index in [4.69, 9.17) is 5.73 Å². The lowest BCUT2D eigenvalue weighted by molar-refractivity contribution is 0.535. The van der Waals surface area contributed by atoms with Gasteiger partial charge in [0.25, 0.3) is 0 Å². The Bertz CT molecular complexity index is 353. The molecular formula is C17H30N2. The highest BCUT2D eigenvalue weighted by atomic mass is 15.1. The second-order valence-electron chi connectivity index (χ2n) is 5.70. The van der Waals surface area contributed by atoms with Crippen molar-refractivity contribution >= 4 is 5.69 Å². The predicted molar refractivity (Wildman–Crippen MR) is 85.9 cm³/mol. The summed E-state index contributed by atoms with van der Waals surface area (Å²) in [6.45, 7) is 7.30. The Morgan fingerprint density at radius 1 is 1.05 bits per heavy atom. The Balaban J connectivity index is 2.63. The van der Waals surface area contributed by atoms with Crippen molar-refractivity contribution < 1.29 is 0 Å². The minimum atomic E-state index is 0.457. The maximum Gasteiger partial charge on any atom is 0.0409 e. The number of rotatable bonds is 8. The number of nitrogens with two attached hydrogens (primary N) is 1. The fraction of sp³-hybridized carbons (Fsp3) is 0.647. The summed E-state index contributed by atoms with van der Waals surface area (Å²) in [4.78, 5) is 2.35. The minimum absolute atomic E-state index is 0.457. The molecule has 1 unspecified atom stereocenters. The van der Waals surface area contributed by atoms with Crippen molar-refractivity contribution in [3.8, 4) is 0 Å². The summed E-state index contributed by atoms with van der Waals surface area (Å²) in [6.07, 6.45) is 6.43. The molecular weight excluding hydrogens is 232 g/mol. The molecule has 0 saturated carbocycles. The number of unbranched alkanes of at least 4 members (excludes halogenated alkanes) is 3. The molecule has 2 heteroatoms. The quantitative estimate of drug-likeness (QED) is 0.716. The van der Waals surface area contributed by atoms with E-state index in [9.17, 15) is 0 Å². The zero-order chi connectivity index (χ0) is 14.3. The molecule has 0 aliphatic heterocycles. The summed E-state index contributed by atoms with van der Waals surface area (Å²) in [5.41, 5.74) is 9.90. The second-order valence-corrected chi connectivity index (χ2v) is 5.70. The van der Waals surface area contributed by atoms with Crippen LogP contribution in [0.4, 0.5) is 5.69 Å². The van der Waals surface area contributed by atoms with Crippen molar-refractivity contribution in [1.29, 1.82) is 0 Å². The van der Waals surface area contributed by atoms with Gasteiger partial charge in [-0.15, -0.1) is 0 Å². The van der Waals surface area contributed by atoms with Gasteiger partial charge in [-0.1, -0.05) is 38.7 Å². The monoisotopic (exact) mass is 262 g/mol. The molecule has 1 aromatic rings. The van der Waals surface area contributed by atoms with Gasteiger partial charge in [-0.2, -0.15) is 0 Å². The van der Waals surface area contributed by atoms with Crippen molar-refractivity contribution in [3.05, 3.63) is 29.3 Å². The third-order valence-corrected chi connectivity index (χ3v) is 3.82. The first-order valence-electron chi connectivity index (χ1n) is 7.59. The molecule has 0 amide bonds. The van der Waals surface area contributed by atoms with E-state index in [1.54, 1.807) is 0 Å². The number of hydrogen-bond acceptors (Lipinski definition) is 2. The maximum absolute atomic E-state index is 5.96. The third kappa shape index (κ3) is 5.23. The van der Waals surface area contributed by atoms with Crippen LogP contribution >= 0.6 is 0 Å². The lowest BCUT2D eigenvalue weighted by atomic mass is 10.0. The molecule has 0 aliphatic rings. The van der Waals surface area contributed by atoms with E-state index in [1.807, 2.05) is 0 Å². The summed E-state index contributed by atoms with van der Waals surface area (Å²) < 4.78 is 0. The molecule has 0 spiro atoms. The molecule has 0 heterocycles. The molecule has 1 atom stereocenters. The van der Waals surface area contributed by atoms with Gasteiger partial charge in [0, 0.05) is 25.3 Å². The molecule has 19 heavy (non-hydrogen) atoms. The zero-order valence-electron chi connectivity index (χ0n) is 13.1. The molecule has 2 N–H and O–H groups in total. The molecule has 0 aromatic heterocycles. The largest absolute Gasteiger partial charge is 0.370 e. The first kappa shape index (κ1) is 16.0. The van der Waals surface area contributed by atoms with Crippen LogP contribution in [0.1, 0.15) is 50.2 Å². The summed E-state index contributed by atoms with van der Waals surface area (Å²) in [7, 11) is 2.17. The number of aryl methyl sites for hydroxylation is 2. The van der Waals surface area contributed by atoms with Gasteiger partial charge < -0.3 is 10.6 Å². The summed E-state index contributed by atoms with van der Waals surface area (Å²) in [6, 6.07) is 7.18. The van der Waals surface area contributed by atoms with E-state index in [0.717, 1.165) is 6.54 Å². The predicted octanol–water partition coefficient (Wildman–Crippen LogP) is 4.04. The summed E-state index contributed by atoms with van der Waals surface area (Å²) in [5, 5.41) is 0. The number of likely N-dealkylation sites (N-methyl/N-ethyl adjacent to an activating group) is 1. The van der Waals surface area contributed by atoms with Gasteiger partial charge in [0.2, 0.25) is 0 Å². The number of hydrogen-bond donors (Lipinski definition) is 1. The Kier molecular flexibility index (Phi) is 6.93. The lowest BCUT2D eigenvalue weighted by Crippen LogP contribution is -2.38. The van der Waals surface area contributed by atoms with Crippen LogP contribution in [-0.2, 0) is 0 Å². The van der Waals surface area contributed by atoms with Crippen LogP contribution in [0.25, 0.3) is 0 Å². The van der Waals surface area contributed by atoms with Crippen LogP contribution < -0.4 is 10.6 Å². The van der Waals surface area contributed by atoms with Crippen molar-refractivity contribution in [2.45, 2.75) is 58.9 Å². The van der Waals surface area contributed by atoms with Gasteiger partial charge in [-0.3, -0.25) is 0 Å². The standard InChI is InChI=1S/C17H30N2/c1-5-6-7-8-9-16(13-18)19(4)17-11-14(2)10-15(3)12-17/h10-12,16H,5-9,13,18H2,1-4H3. The number of nitrogens with zero attached hydrogens (tertiary/aromatic N) is 1. The molecule has 0 radical (unpaired) electrons. The van der Waals surface area contributed by atoms with Crippen LogP contribution in [0.3, 0.4) is 0 Å². The molecule has 1 rings (SSSR count). The summed E-state index contributed by atoms with van der Waals surface area (Å²) in [5.74, 6) is 0. The average molecular weight is 262 g/mol. The topological polar surface area (TPSA) is 29.3 Å². The van der Waals surface area contributed by atoms with Crippen molar-refractivity contribution in [3.63, 3.8) is 0 Å². The maximum atomic E-state index is 5.96. The highest BCUT2D eigenvalue weighted by Crippen LogP contribution is 2.21. The van der Waals surface area contributed by atoms with Gasteiger partial charge in [0.1, 0.15) is 0 Å². The molecule has 1 aromatic carbocycles. The Morgan fingerprint density at radius 2 is 1.68 bits per heavy atom. The van der Waals surface area contributed by atoms with E-state index in [2.05, 4.69) is 50.9 Å². The van der Waals surface area contributed by atoms with Gasteiger partial charge in [-0.05, 0) is 43.5 Å². The van der Waals surface area contributed by atoms with Gasteiger partial charge in [0.15, 0.2) is 0 Å². The smallest absolute Gasteiger partial charge is 0.0409 e. The van der Waals surface area contributed by atoms with Crippen molar-refractivity contribution in [2.24, 2.45) is 5.73 Å². The third-order valence-electron chi connectivity index (χ3n) is 3.82. The van der Waals surface area contributed by atoms with Crippen LogP contribution in [0.5, 0.6) is 0 Å². The SMILES string of the molecule is CCCCCCC(CN)N(C)c1cc(C)cc(C)c1. The highest BCUT2D eigenvalue weighted by Gasteiger charge is 2.13. The zero-order valence-corrected chi connectivity index (χ0v) is 13.1. The van der Waals surface area contributed by atoms with E-state index in [-0.39, 0.29) is 0 Å². The average Bonchev–Trinajstić information content (AvgIpc) is 2.37. The van der Waals surface area contributed by atoms with E-state index < -0.39 is 0 Å². The molecule has 0 saturated heterocycles. The van der Waals surface area contributed by atoms with Crippen LogP contribution in [0.15, 0.2) is 18.2 Å². The minimum Gasteiger partial charge on any atom is -0.370 e. The van der Waals surface area contributed by atoms with Gasteiger partial charge in [-0.25, -0.2) is 0 Å². The normalized spacial score (nSPS) is 12.5. The van der Waals surface area contributed by atoms with Crippen molar-refractivity contribution in [2.75, 3.05) is 18.5 Å². The van der Waals surface area contributed by atoms with E-state index in [1.165, 1.54) is 48.9 Å². The molecule has 0 fully saturated rings. The summed E-state index contributed by atoms with van der Waals surface area (Å²) >= 11 is 0. The Labute approximate surface area is 119 Å². The van der Waals surface area contributed by atoms with E-state index in [0.29, 0.717) is 6.04 Å².